The maximum atomic E-state index is 5.16. The minimum Gasteiger partial charge on any atom is -0.385 e. The molecule has 2 atom stereocenters. The van der Waals surface area contributed by atoms with Crippen LogP contribution in [0.15, 0.2) is 24.3 Å². The summed E-state index contributed by atoms with van der Waals surface area (Å²) in [5.74, 6) is 0.653. The van der Waals surface area contributed by atoms with Crippen LogP contribution in [0, 0.1) is 12.8 Å². The summed E-state index contributed by atoms with van der Waals surface area (Å²) in [5, 5.41) is 3.44. The Bertz CT molecular complexity index is 320. The van der Waals surface area contributed by atoms with E-state index in [0.717, 1.165) is 19.4 Å². The van der Waals surface area contributed by atoms with Crippen LogP contribution in [0.1, 0.15) is 30.9 Å². The lowest BCUT2D eigenvalue weighted by molar-refractivity contribution is 0.170. The Morgan fingerprint density at radius 1 is 1.17 bits per heavy atom. The molecular formula is C16H27NO. The molecule has 0 saturated heterocycles. The molecule has 0 saturated carbocycles. The van der Waals surface area contributed by atoms with E-state index in [9.17, 15) is 0 Å². The van der Waals surface area contributed by atoms with Gasteiger partial charge in [0, 0.05) is 19.8 Å². The van der Waals surface area contributed by atoms with Crippen molar-refractivity contribution in [1.82, 2.24) is 5.32 Å². The van der Waals surface area contributed by atoms with Gasteiger partial charge in [-0.05, 0) is 44.7 Å². The summed E-state index contributed by atoms with van der Waals surface area (Å²) in [4.78, 5) is 0. The number of ether oxygens (including phenoxy) is 1. The maximum absolute atomic E-state index is 5.16. The highest BCUT2D eigenvalue weighted by molar-refractivity contribution is 5.21. The van der Waals surface area contributed by atoms with Gasteiger partial charge in [-0.15, -0.1) is 0 Å². The molecule has 1 N–H and O–H groups in total. The SMILES string of the molecule is CNC(CCc1ccc(C)cc1)C(C)CCOC. The van der Waals surface area contributed by atoms with Gasteiger partial charge in [-0.25, -0.2) is 0 Å². The number of methoxy groups -OCH3 is 1. The molecule has 2 nitrogen and oxygen atoms in total. The van der Waals surface area contributed by atoms with E-state index >= 15 is 0 Å². The Labute approximate surface area is 112 Å². The molecule has 2 heteroatoms. The molecular weight excluding hydrogens is 222 g/mol. The van der Waals surface area contributed by atoms with Crippen LogP contribution in [0.5, 0.6) is 0 Å². The fourth-order valence-electron chi connectivity index (χ4n) is 2.30. The van der Waals surface area contributed by atoms with Crippen molar-refractivity contribution >= 4 is 0 Å². The van der Waals surface area contributed by atoms with Crippen molar-refractivity contribution in [3.05, 3.63) is 35.4 Å². The highest BCUT2D eigenvalue weighted by Crippen LogP contribution is 2.15. The minimum atomic E-state index is 0.571. The molecule has 0 amide bonds. The summed E-state index contributed by atoms with van der Waals surface area (Å²) in [6.45, 7) is 5.28. The van der Waals surface area contributed by atoms with Gasteiger partial charge in [-0.1, -0.05) is 36.8 Å². The molecule has 1 aromatic carbocycles. The Morgan fingerprint density at radius 3 is 2.39 bits per heavy atom. The van der Waals surface area contributed by atoms with Crippen molar-refractivity contribution in [2.45, 2.75) is 39.2 Å². The van der Waals surface area contributed by atoms with E-state index in [-0.39, 0.29) is 0 Å². The average Bonchev–Trinajstić information content (AvgIpc) is 2.39. The predicted molar refractivity (Wildman–Crippen MR) is 78.0 cm³/mol. The van der Waals surface area contributed by atoms with Crippen LogP contribution in [0.25, 0.3) is 0 Å². The summed E-state index contributed by atoms with van der Waals surface area (Å²) in [6, 6.07) is 9.43. The second kappa shape index (κ2) is 8.28. The summed E-state index contributed by atoms with van der Waals surface area (Å²) in [5.41, 5.74) is 2.76. The van der Waals surface area contributed by atoms with Crippen molar-refractivity contribution in [2.75, 3.05) is 20.8 Å². The third-order valence-corrected chi connectivity index (χ3v) is 3.70. The molecule has 0 fully saturated rings. The lowest BCUT2D eigenvalue weighted by Crippen LogP contribution is -2.33. The van der Waals surface area contributed by atoms with E-state index in [1.807, 2.05) is 0 Å². The molecule has 0 aliphatic carbocycles. The van der Waals surface area contributed by atoms with E-state index in [1.54, 1.807) is 7.11 Å². The lowest BCUT2D eigenvalue weighted by Gasteiger charge is -2.23. The molecule has 0 spiro atoms. The zero-order chi connectivity index (χ0) is 13.4. The van der Waals surface area contributed by atoms with E-state index in [2.05, 4.69) is 50.5 Å². The molecule has 2 unspecified atom stereocenters. The van der Waals surface area contributed by atoms with Crippen molar-refractivity contribution in [1.29, 1.82) is 0 Å². The summed E-state index contributed by atoms with van der Waals surface area (Å²) in [7, 11) is 3.83. The number of nitrogens with one attached hydrogen (secondary N) is 1. The van der Waals surface area contributed by atoms with E-state index in [1.165, 1.54) is 17.5 Å². The van der Waals surface area contributed by atoms with E-state index < -0.39 is 0 Å². The molecule has 1 rings (SSSR count). The van der Waals surface area contributed by atoms with Gasteiger partial charge >= 0.3 is 0 Å². The van der Waals surface area contributed by atoms with Crippen LogP contribution in [0.4, 0.5) is 0 Å². The van der Waals surface area contributed by atoms with Gasteiger partial charge in [0.1, 0.15) is 0 Å². The normalized spacial score (nSPS) is 14.4. The van der Waals surface area contributed by atoms with Gasteiger partial charge in [-0.2, -0.15) is 0 Å². The first-order chi connectivity index (χ1) is 8.67. The number of aryl methyl sites for hydroxylation is 2. The number of rotatable bonds is 8. The first kappa shape index (κ1) is 15.2. The molecule has 0 aliphatic heterocycles. The van der Waals surface area contributed by atoms with Crippen molar-refractivity contribution in [2.24, 2.45) is 5.92 Å². The lowest BCUT2D eigenvalue weighted by atomic mass is 9.93. The van der Waals surface area contributed by atoms with Crippen LogP contribution in [0.3, 0.4) is 0 Å². The zero-order valence-electron chi connectivity index (χ0n) is 12.2. The minimum absolute atomic E-state index is 0.571. The smallest absolute Gasteiger partial charge is 0.0465 e. The maximum Gasteiger partial charge on any atom is 0.0465 e. The summed E-state index contributed by atoms with van der Waals surface area (Å²) < 4.78 is 5.16. The zero-order valence-corrected chi connectivity index (χ0v) is 12.2. The summed E-state index contributed by atoms with van der Waals surface area (Å²) in [6.07, 6.45) is 3.45. The Kier molecular flexibility index (Phi) is 6.99. The van der Waals surface area contributed by atoms with Crippen molar-refractivity contribution in [3.8, 4) is 0 Å². The molecule has 1 aromatic rings. The number of benzene rings is 1. The van der Waals surface area contributed by atoms with Crippen LogP contribution < -0.4 is 5.32 Å². The van der Waals surface area contributed by atoms with Gasteiger partial charge in [0.15, 0.2) is 0 Å². The van der Waals surface area contributed by atoms with Gasteiger partial charge < -0.3 is 10.1 Å². The van der Waals surface area contributed by atoms with Gasteiger partial charge in [-0.3, -0.25) is 0 Å². The third kappa shape index (κ3) is 5.19. The third-order valence-electron chi connectivity index (χ3n) is 3.70. The highest BCUT2D eigenvalue weighted by Gasteiger charge is 2.14. The average molecular weight is 249 g/mol. The van der Waals surface area contributed by atoms with Crippen molar-refractivity contribution < 1.29 is 4.74 Å². The van der Waals surface area contributed by atoms with Crippen LogP contribution >= 0.6 is 0 Å². The molecule has 0 aromatic heterocycles. The Balaban J connectivity index is 2.41. The van der Waals surface area contributed by atoms with Crippen molar-refractivity contribution in [3.63, 3.8) is 0 Å². The van der Waals surface area contributed by atoms with Crippen LogP contribution in [-0.2, 0) is 11.2 Å². The highest BCUT2D eigenvalue weighted by atomic mass is 16.5. The molecule has 0 heterocycles. The summed E-state index contributed by atoms with van der Waals surface area (Å²) >= 11 is 0. The topological polar surface area (TPSA) is 21.3 Å². The second-order valence-electron chi connectivity index (χ2n) is 5.18. The van der Waals surface area contributed by atoms with E-state index in [4.69, 9.17) is 4.74 Å². The molecule has 0 radical (unpaired) electrons. The molecule has 0 bridgehead atoms. The molecule has 102 valence electrons. The van der Waals surface area contributed by atoms with Crippen LogP contribution in [0.2, 0.25) is 0 Å². The number of hydrogen-bond acceptors (Lipinski definition) is 2. The Morgan fingerprint density at radius 2 is 1.83 bits per heavy atom. The van der Waals surface area contributed by atoms with Crippen LogP contribution in [-0.4, -0.2) is 26.8 Å². The monoisotopic (exact) mass is 249 g/mol. The predicted octanol–water partition coefficient (Wildman–Crippen LogP) is 3.19. The first-order valence-corrected chi connectivity index (χ1v) is 6.89. The van der Waals surface area contributed by atoms with Gasteiger partial charge in [0.2, 0.25) is 0 Å². The molecule has 18 heavy (non-hydrogen) atoms. The van der Waals surface area contributed by atoms with Gasteiger partial charge in [0.05, 0.1) is 0 Å². The number of hydrogen-bond donors (Lipinski definition) is 1. The fourth-order valence-corrected chi connectivity index (χ4v) is 2.30. The van der Waals surface area contributed by atoms with Gasteiger partial charge in [0.25, 0.3) is 0 Å². The molecule has 0 aliphatic rings. The fraction of sp³-hybridized carbons (Fsp3) is 0.625. The quantitative estimate of drug-likeness (QED) is 0.764. The Hall–Kier alpha value is -0.860. The van der Waals surface area contributed by atoms with E-state index in [0.29, 0.717) is 12.0 Å². The first-order valence-electron chi connectivity index (χ1n) is 6.89. The standard InChI is InChI=1S/C16H27NO/c1-13-5-7-15(8-6-13)9-10-16(17-3)14(2)11-12-18-4/h5-8,14,16-17H,9-12H2,1-4H3. The second-order valence-corrected chi connectivity index (χ2v) is 5.18. The largest absolute Gasteiger partial charge is 0.385 e.